The van der Waals surface area contributed by atoms with Crippen LogP contribution < -0.4 is 5.32 Å². The lowest BCUT2D eigenvalue weighted by Crippen LogP contribution is -2.25. The van der Waals surface area contributed by atoms with Gasteiger partial charge in [-0.3, -0.25) is 9.78 Å². The Hall–Kier alpha value is -0.900. The highest BCUT2D eigenvalue weighted by molar-refractivity contribution is 9.10. The van der Waals surface area contributed by atoms with Crippen LogP contribution >= 0.6 is 15.9 Å². The van der Waals surface area contributed by atoms with E-state index in [4.69, 9.17) is 0 Å². The maximum absolute atomic E-state index is 11.9. The Labute approximate surface area is 143 Å². The quantitative estimate of drug-likeness (QED) is 0.495. The van der Waals surface area contributed by atoms with Crippen LogP contribution in [0.3, 0.4) is 0 Å². The molecular formula is C18H29BrN2O. The van der Waals surface area contributed by atoms with E-state index in [1.54, 1.807) is 12.3 Å². The first-order valence-corrected chi connectivity index (χ1v) is 9.43. The fourth-order valence-corrected chi connectivity index (χ4v) is 2.77. The van der Waals surface area contributed by atoms with Crippen molar-refractivity contribution in [3.63, 3.8) is 0 Å². The van der Waals surface area contributed by atoms with Gasteiger partial charge in [-0.25, -0.2) is 0 Å². The van der Waals surface area contributed by atoms with Gasteiger partial charge in [0.05, 0.1) is 0 Å². The zero-order valence-electron chi connectivity index (χ0n) is 13.7. The van der Waals surface area contributed by atoms with Gasteiger partial charge >= 0.3 is 0 Å². The molecule has 1 heterocycles. The van der Waals surface area contributed by atoms with Gasteiger partial charge in [0.2, 0.25) is 0 Å². The second kappa shape index (κ2) is 12.6. The Bertz CT molecular complexity index is 423. The summed E-state index contributed by atoms with van der Waals surface area (Å²) in [6.07, 6.45) is 14.7. The number of carbonyl (C=O) groups is 1. The number of halogens is 1. The molecule has 0 radical (unpaired) electrons. The molecule has 1 rings (SSSR count). The molecule has 0 atom stereocenters. The zero-order chi connectivity index (χ0) is 16.0. The van der Waals surface area contributed by atoms with E-state index >= 15 is 0 Å². The van der Waals surface area contributed by atoms with Crippen LogP contribution in [0.2, 0.25) is 0 Å². The second-order valence-electron chi connectivity index (χ2n) is 5.80. The van der Waals surface area contributed by atoms with E-state index in [1.165, 1.54) is 57.8 Å². The van der Waals surface area contributed by atoms with Gasteiger partial charge in [-0.1, -0.05) is 80.6 Å². The molecule has 124 valence electrons. The predicted octanol–water partition coefficient (Wildman–Crippen LogP) is 5.49. The molecule has 0 aliphatic carbocycles. The Morgan fingerprint density at radius 3 is 2.23 bits per heavy atom. The second-order valence-corrected chi connectivity index (χ2v) is 6.71. The molecule has 1 amide bonds. The van der Waals surface area contributed by atoms with Crippen LogP contribution in [0.1, 0.15) is 81.6 Å². The minimum Gasteiger partial charge on any atom is -0.351 e. The van der Waals surface area contributed by atoms with E-state index in [9.17, 15) is 4.79 Å². The zero-order valence-corrected chi connectivity index (χ0v) is 15.3. The topological polar surface area (TPSA) is 42.0 Å². The van der Waals surface area contributed by atoms with Gasteiger partial charge < -0.3 is 5.32 Å². The number of aromatic nitrogens is 1. The summed E-state index contributed by atoms with van der Waals surface area (Å²) >= 11 is 3.35. The summed E-state index contributed by atoms with van der Waals surface area (Å²) in [6, 6.07) is 3.56. The van der Waals surface area contributed by atoms with Crippen molar-refractivity contribution in [1.82, 2.24) is 10.3 Å². The van der Waals surface area contributed by atoms with Crippen molar-refractivity contribution >= 4 is 21.8 Å². The summed E-state index contributed by atoms with van der Waals surface area (Å²) in [6.45, 7) is 3.00. The SMILES string of the molecule is CCCCCCCCCCCCNC(=O)c1cc(Br)ccn1. The summed E-state index contributed by atoms with van der Waals surface area (Å²) < 4.78 is 0.881. The van der Waals surface area contributed by atoms with Crippen LogP contribution in [0.4, 0.5) is 0 Å². The summed E-state index contributed by atoms with van der Waals surface area (Å²) in [7, 11) is 0. The average molecular weight is 369 g/mol. The lowest BCUT2D eigenvalue weighted by atomic mass is 10.1. The third-order valence-corrected chi connectivity index (χ3v) is 4.26. The first kappa shape index (κ1) is 19.1. The van der Waals surface area contributed by atoms with Gasteiger partial charge in [0, 0.05) is 17.2 Å². The Balaban J connectivity index is 1.94. The van der Waals surface area contributed by atoms with Crippen molar-refractivity contribution in [2.45, 2.75) is 71.1 Å². The molecule has 0 saturated carbocycles. The van der Waals surface area contributed by atoms with Crippen molar-refractivity contribution in [3.8, 4) is 0 Å². The van der Waals surface area contributed by atoms with Gasteiger partial charge in [0.15, 0.2) is 0 Å². The normalized spacial score (nSPS) is 10.6. The lowest BCUT2D eigenvalue weighted by molar-refractivity contribution is 0.0948. The average Bonchev–Trinajstić information content (AvgIpc) is 2.52. The molecule has 0 bridgehead atoms. The molecular weight excluding hydrogens is 340 g/mol. The van der Waals surface area contributed by atoms with Crippen LogP contribution in [-0.2, 0) is 0 Å². The molecule has 0 fully saturated rings. The molecule has 3 nitrogen and oxygen atoms in total. The minimum atomic E-state index is -0.0859. The van der Waals surface area contributed by atoms with Crippen LogP contribution in [0.15, 0.2) is 22.8 Å². The monoisotopic (exact) mass is 368 g/mol. The first-order chi connectivity index (χ1) is 10.7. The van der Waals surface area contributed by atoms with Gasteiger partial charge in [0.25, 0.3) is 5.91 Å². The van der Waals surface area contributed by atoms with E-state index in [0.29, 0.717) is 5.69 Å². The number of pyridine rings is 1. The van der Waals surface area contributed by atoms with Gasteiger partial charge in [-0.05, 0) is 18.6 Å². The predicted molar refractivity (Wildman–Crippen MR) is 96.1 cm³/mol. The molecule has 0 aliphatic heterocycles. The molecule has 1 aromatic rings. The highest BCUT2D eigenvalue weighted by atomic mass is 79.9. The highest BCUT2D eigenvalue weighted by Gasteiger charge is 2.06. The number of hydrogen-bond donors (Lipinski definition) is 1. The third kappa shape index (κ3) is 9.19. The van der Waals surface area contributed by atoms with Crippen molar-refractivity contribution in [3.05, 3.63) is 28.5 Å². The molecule has 22 heavy (non-hydrogen) atoms. The molecule has 0 spiro atoms. The summed E-state index contributed by atoms with van der Waals surface area (Å²) in [5.74, 6) is -0.0859. The summed E-state index contributed by atoms with van der Waals surface area (Å²) in [5.41, 5.74) is 0.474. The number of carbonyl (C=O) groups excluding carboxylic acids is 1. The summed E-state index contributed by atoms with van der Waals surface area (Å²) in [4.78, 5) is 15.9. The third-order valence-electron chi connectivity index (χ3n) is 3.77. The standard InChI is InChI=1S/C18H29BrN2O/c1-2-3-4-5-6-7-8-9-10-11-13-21-18(22)17-15-16(19)12-14-20-17/h12,14-15H,2-11,13H2,1H3,(H,21,22). The van der Waals surface area contributed by atoms with E-state index in [-0.39, 0.29) is 5.91 Å². The van der Waals surface area contributed by atoms with Crippen LogP contribution in [0, 0.1) is 0 Å². The van der Waals surface area contributed by atoms with Crippen LogP contribution in [0.5, 0.6) is 0 Å². The van der Waals surface area contributed by atoms with Crippen molar-refractivity contribution in [2.75, 3.05) is 6.54 Å². The van der Waals surface area contributed by atoms with Crippen molar-refractivity contribution in [1.29, 1.82) is 0 Å². The molecule has 1 N–H and O–H groups in total. The number of hydrogen-bond acceptors (Lipinski definition) is 2. The Morgan fingerprint density at radius 1 is 1.05 bits per heavy atom. The number of nitrogens with zero attached hydrogens (tertiary/aromatic N) is 1. The van der Waals surface area contributed by atoms with Crippen LogP contribution in [-0.4, -0.2) is 17.4 Å². The smallest absolute Gasteiger partial charge is 0.269 e. The first-order valence-electron chi connectivity index (χ1n) is 8.63. The van der Waals surface area contributed by atoms with Crippen molar-refractivity contribution in [2.24, 2.45) is 0 Å². The molecule has 0 aromatic carbocycles. The van der Waals surface area contributed by atoms with Gasteiger partial charge in [-0.2, -0.15) is 0 Å². The molecule has 0 unspecified atom stereocenters. The Kier molecular flexibility index (Phi) is 11.0. The van der Waals surface area contributed by atoms with Gasteiger partial charge in [0.1, 0.15) is 5.69 Å². The number of nitrogens with one attached hydrogen (secondary N) is 1. The van der Waals surface area contributed by atoms with E-state index in [2.05, 4.69) is 33.2 Å². The number of rotatable bonds is 12. The van der Waals surface area contributed by atoms with Gasteiger partial charge in [-0.15, -0.1) is 0 Å². The largest absolute Gasteiger partial charge is 0.351 e. The van der Waals surface area contributed by atoms with Crippen LogP contribution in [0.25, 0.3) is 0 Å². The number of unbranched alkanes of at least 4 members (excludes halogenated alkanes) is 9. The Morgan fingerprint density at radius 2 is 1.64 bits per heavy atom. The lowest BCUT2D eigenvalue weighted by Gasteiger charge is -2.05. The van der Waals surface area contributed by atoms with Crippen molar-refractivity contribution < 1.29 is 4.79 Å². The van der Waals surface area contributed by atoms with E-state index < -0.39 is 0 Å². The fraction of sp³-hybridized carbons (Fsp3) is 0.667. The molecule has 4 heteroatoms. The molecule has 0 saturated heterocycles. The maximum Gasteiger partial charge on any atom is 0.269 e. The minimum absolute atomic E-state index is 0.0859. The van der Waals surface area contributed by atoms with E-state index in [1.807, 2.05) is 6.07 Å². The number of amides is 1. The van der Waals surface area contributed by atoms with E-state index in [0.717, 1.165) is 17.4 Å². The molecule has 1 aromatic heterocycles. The summed E-state index contributed by atoms with van der Waals surface area (Å²) in [5, 5.41) is 2.93. The highest BCUT2D eigenvalue weighted by Crippen LogP contribution is 2.11. The fourth-order valence-electron chi connectivity index (χ4n) is 2.43. The molecule has 0 aliphatic rings. The maximum atomic E-state index is 11.9.